The van der Waals surface area contributed by atoms with Gasteiger partial charge in [-0.3, -0.25) is 4.79 Å². The molecule has 0 fully saturated rings. The molecule has 0 aliphatic heterocycles. The van der Waals surface area contributed by atoms with Gasteiger partial charge in [0.15, 0.2) is 0 Å². The van der Waals surface area contributed by atoms with Crippen LogP contribution in [-0.4, -0.2) is 30.9 Å². The summed E-state index contributed by atoms with van der Waals surface area (Å²) in [7, 11) is 0. The highest BCUT2D eigenvalue weighted by atomic mass is 35.5. The van der Waals surface area contributed by atoms with E-state index in [0.29, 0.717) is 34.6 Å². The van der Waals surface area contributed by atoms with Crippen molar-refractivity contribution >= 4 is 17.1 Å². The maximum atomic E-state index is 13.1. The van der Waals surface area contributed by atoms with Crippen LogP contribution < -0.4 is 10.3 Å². The minimum atomic E-state index is -0.202. The van der Waals surface area contributed by atoms with Crippen LogP contribution in [0, 0.1) is 0 Å². The second-order valence-electron chi connectivity index (χ2n) is 7.84. The Morgan fingerprint density at radius 3 is 2.56 bits per heavy atom. The van der Waals surface area contributed by atoms with Crippen LogP contribution in [0.2, 0.25) is 5.02 Å². The van der Waals surface area contributed by atoms with Crippen LogP contribution in [0.15, 0.2) is 76.3 Å². The van der Waals surface area contributed by atoms with Gasteiger partial charge in [-0.2, -0.15) is 10.1 Å². The molecule has 172 valence electrons. The number of halogens is 1. The highest BCUT2D eigenvalue weighted by Gasteiger charge is 2.13. The lowest BCUT2D eigenvalue weighted by molar-refractivity contribution is 0.309. The van der Waals surface area contributed by atoms with Gasteiger partial charge >= 0.3 is 0 Å². The number of hydrogen-bond acceptors (Lipinski definition) is 6. The summed E-state index contributed by atoms with van der Waals surface area (Å²) in [6.07, 6.45) is 5.50. The molecular formula is C25H22ClN5O3. The lowest BCUT2D eigenvalue weighted by Crippen LogP contribution is -2.21. The maximum Gasteiger partial charge on any atom is 0.277 e. The smallest absolute Gasteiger partial charge is 0.277 e. The van der Waals surface area contributed by atoms with Crippen molar-refractivity contribution < 1.29 is 9.26 Å². The molecule has 0 N–H and O–H groups in total. The Balaban J connectivity index is 1.36. The highest BCUT2D eigenvalue weighted by molar-refractivity contribution is 6.30. The van der Waals surface area contributed by atoms with Crippen LogP contribution in [0.3, 0.4) is 0 Å². The Hall–Kier alpha value is -3.91. The average molecular weight is 476 g/mol. The van der Waals surface area contributed by atoms with Gasteiger partial charge in [0.05, 0.1) is 12.3 Å². The molecule has 0 unspecified atom stereocenters. The molecule has 2 aromatic carbocycles. The summed E-state index contributed by atoms with van der Waals surface area (Å²) in [6.45, 7) is 2.98. The van der Waals surface area contributed by atoms with Crippen LogP contribution in [0.5, 0.6) is 5.75 Å². The molecule has 0 spiro atoms. The van der Waals surface area contributed by atoms with Gasteiger partial charge in [0.2, 0.25) is 11.7 Å². The molecule has 0 atom stereocenters. The monoisotopic (exact) mass is 475 g/mol. The van der Waals surface area contributed by atoms with E-state index in [1.807, 2.05) is 36.4 Å². The number of aromatic nitrogens is 5. The fourth-order valence-corrected chi connectivity index (χ4v) is 3.66. The summed E-state index contributed by atoms with van der Waals surface area (Å²) in [5.41, 5.74) is 2.65. The molecule has 8 nitrogen and oxygen atoms in total. The standard InChI is InChI=1S/C25H22ClN5O3/c1-2-3-14-33-20-10-6-17(7-11-20)21-15-22-25(32)30(12-13-31(22)28-21)16-23-27-24(29-34-23)18-4-8-19(26)9-5-18/h4-13,15H,2-3,14,16H2,1H3. The summed E-state index contributed by atoms with van der Waals surface area (Å²) in [6, 6.07) is 16.6. The van der Waals surface area contributed by atoms with Gasteiger partial charge in [0, 0.05) is 28.5 Å². The van der Waals surface area contributed by atoms with Crippen molar-refractivity contribution in [2.75, 3.05) is 6.61 Å². The summed E-state index contributed by atoms with van der Waals surface area (Å²) < 4.78 is 14.2. The van der Waals surface area contributed by atoms with Crippen molar-refractivity contribution in [3.05, 3.63) is 88.3 Å². The van der Waals surface area contributed by atoms with Gasteiger partial charge in [0.25, 0.3) is 5.56 Å². The van der Waals surface area contributed by atoms with Crippen molar-refractivity contribution in [2.45, 2.75) is 26.3 Å². The number of hydrogen-bond donors (Lipinski definition) is 0. The molecule has 0 radical (unpaired) electrons. The molecule has 3 aromatic heterocycles. The number of benzene rings is 2. The number of unbranched alkanes of at least 4 members (excludes halogenated alkanes) is 1. The molecule has 0 saturated carbocycles. The van der Waals surface area contributed by atoms with E-state index in [2.05, 4.69) is 22.2 Å². The minimum absolute atomic E-state index is 0.153. The van der Waals surface area contributed by atoms with E-state index in [0.717, 1.165) is 29.7 Å². The van der Waals surface area contributed by atoms with Gasteiger partial charge in [-0.05, 0) is 61.0 Å². The predicted molar refractivity (Wildman–Crippen MR) is 129 cm³/mol. The van der Waals surface area contributed by atoms with E-state index >= 15 is 0 Å². The fourth-order valence-electron chi connectivity index (χ4n) is 3.53. The van der Waals surface area contributed by atoms with Gasteiger partial charge in [-0.1, -0.05) is 30.1 Å². The van der Waals surface area contributed by atoms with E-state index in [1.54, 1.807) is 35.1 Å². The normalized spacial score (nSPS) is 11.2. The number of ether oxygens (including phenoxy) is 1. The first-order chi connectivity index (χ1) is 16.6. The first-order valence-corrected chi connectivity index (χ1v) is 11.4. The summed E-state index contributed by atoms with van der Waals surface area (Å²) in [5.74, 6) is 1.59. The van der Waals surface area contributed by atoms with Gasteiger partial charge < -0.3 is 13.8 Å². The zero-order valence-electron chi connectivity index (χ0n) is 18.5. The van der Waals surface area contributed by atoms with Crippen LogP contribution in [-0.2, 0) is 6.54 Å². The molecule has 0 bridgehead atoms. The van der Waals surface area contributed by atoms with Crippen LogP contribution >= 0.6 is 11.6 Å². The molecule has 5 aromatic rings. The molecule has 3 heterocycles. The Morgan fingerprint density at radius 2 is 1.79 bits per heavy atom. The number of nitrogens with zero attached hydrogens (tertiary/aromatic N) is 5. The van der Waals surface area contributed by atoms with Crippen LogP contribution in [0.4, 0.5) is 0 Å². The third-order valence-electron chi connectivity index (χ3n) is 5.40. The molecule has 9 heteroatoms. The second kappa shape index (κ2) is 9.52. The van der Waals surface area contributed by atoms with E-state index in [-0.39, 0.29) is 12.1 Å². The Morgan fingerprint density at radius 1 is 1.03 bits per heavy atom. The lowest BCUT2D eigenvalue weighted by atomic mass is 10.1. The quantitative estimate of drug-likeness (QED) is 0.290. The van der Waals surface area contributed by atoms with Gasteiger partial charge in [-0.15, -0.1) is 0 Å². The van der Waals surface area contributed by atoms with Crippen molar-refractivity contribution in [3.63, 3.8) is 0 Å². The summed E-state index contributed by atoms with van der Waals surface area (Å²) in [5, 5.41) is 9.18. The number of rotatable bonds is 8. The first-order valence-electron chi connectivity index (χ1n) is 11.0. The van der Waals surface area contributed by atoms with Crippen LogP contribution in [0.25, 0.3) is 28.2 Å². The molecule has 0 amide bonds. The Labute approximate surface area is 200 Å². The maximum absolute atomic E-state index is 13.1. The SMILES string of the molecule is CCCCOc1ccc(-c2cc3c(=O)n(Cc4nc(-c5ccc(Cl)cc5)no4)ccn3n2)cc1. The fraction of sp³-hybridized carbons (Fsp3) is 0.200. The van der Waals surface area contributed by atoms with Crippen molar-refractivity contribution in [1.29, 1.82) is 0 Å². The summed E-state index contributed by atoms with van der Waals surface area (Å²) in [4.78, 5) is 17.5. The van der Waals surface area contributed by atoms with E-state index in [9.17, 15) is 4.79 Å². The summed E-state index contributed by atoms with van der Waals surface area (Å²) >= 11 is 5.93. The Kier molecular flexibility index (Phi) is 6.14. The molecule has 0 saturated heterocycles. The zero-order chi connectivity index (χ0) is 23.5. The van der Waals surface area contributed by atoms with Gasteiger partial charge in [0.1, 0.15) is 17.8 Å². The molecule has 0 aliphatic carbocycles. The van der Waals surface area contributed by atoms with Crippen molar-refractivity contribution in [1.82, 2.24) is 24.3 Å². The highest BCUT2D eigenvalue weighted by Crippen LogP contribution is 2.22. The van der Waals surface area contributed by atoms with Crippen molar-refractivity contribution in [2.24, 2.45) is 0 Å². The first kappa shape index (κ1) is 21.9. The topological polar surface area (TPSA) is 87.5 Å². The molecule has 5 rings (SSSR count). The van der Waals surface area contributed by atoms with Gasteiger partial charge in [-0.25, -0.2) is 4.52 Å². The molecular weight excluding hydrogens is 454 g/mol. The van der Waals surface area contributed by atoms with Crippen molar-refractivity contribution in [3.8, 4) is 28.4 Å². The zero-order valence-corrected chi connectivity index (χ0v) is 19.3. The third-order valence-corrected chi connectivity index (χ3v) is 5.65. The minimum Gasteiger partial charge on any atom is -0.494 e. The lowest BCUT2D eigenvalue weighted by Gasteiger charge is -2.05. The van der Waals surface area contributed by atoms with E-state index < -0.39 is 0 Å². The van der Waals surface area contributed by atoms with E-state index in [4.69, 9.17) is 20.9 Å². The second-order valence-corrected chi connectivity index (χ2v) is 8.27. The number of fused-ring (bicyclic) bond motifs is 1. The molecule has 34 heavy (non-hydrogen) atoms. The largest absolute Gasteiger partial charge is 0.494 e. The van der Waals surface area contributed by atoms with E-state index in [1.165, 1.54) is 4.57 Å². The Bertz CT molecular complexity index is 1470. The average Bonchev–Trinajstić information content (AvgIpc) is 3.50. The predicted octanol–water partition coefficient (Wildman–Crippen LogP) is 5.09. The molecule has 0 aliphatic rings. The van der Waals surface area contributed by atoms with Crippen LogP contribution in [0.1, 0.15) is 25.7 Å². The third kappa shape index (κ3) is 4.58.